The third kappa shape index (κ3) is 6.80. The number of carbonyl (C=O) groups excluding carboxylic acids is 1. The first-order chi connectivity index (χ1) is 8.25. The number of esters is 1. The summed E-state index contributed by atoms with van der Waals surface area (Å²) in [5, 5.41) is 2.75. The summed E-state index contributed by atoms with van der Waals surface area (Å²) in [4.78, 5) is 11.6. The Hall–Kier alpha value is -0.820. The fourth-order valence-electron chi connectivity index (χ4n) is 1.17. The molecular formula is C11H20F3NO3. The summed E-state index contributed by atoms with van der Waals surface area (Å²) in [6.45, 7) is 3.42. The van der Waals surface area contributed by atoms with Crippen LogP contribution in [-0.4, -0.2) is 44.6 Å². The molecule has 0 aromatic rings. The summed E-state index contributed by atoms with van der Waals surface area (Å²) in [7, 11) is 1.57. The van der Waals surface area contributed by atoms with Crippen molar-refractivity contribution in [1.29, 1.82) is 0 Å². The van der Waals surface area contributed by atoms with Crippen molar-refractivity contribution >= 4 is 5.97 Å². The van der Waals surface area contributed by atoms with Gasteiger partial charge in [0.1, 0.15) is 5.54 Å². The normalized spacial score (nSPS) is 15.2. The summed E-state index contributed by atoms with van der Waals surface area (Å²) < 4.78 is 45.5. The van der Waals surface area contributed by atoms with Crippen LogP contribution in [0.1, 0.15) is 26.7 Å². The lowest BCUT2D eigenvalue weighted by Crippen LogP contribution is -2.52. The highest BCUT2D eigenvalue weighted by atomic mass is 19.4. The van der Waals surface area contributed by atoms with Crippen molar-refractivity contribution in [2.24, 2.45) is 0 Å². The summed E-state index contributed by atoms with van der Waals surface area (Å²) in [5.74, 6) is -0.483. The molecule has 1 unspecified atom stereocenters. The molecule has 0 radical (unpaired) electrons. The first-order valence-electron chi connectivity index (χ1n) is 5.76. The van der Waals surface area contributed by atoms with E-state index in [2.05, 4.69) is 5.32 Å². The molecule has 0 aliphatic heterocycles. The van der Waals surface area contributed by atoms with E-state index in [4.69, 9.17) is 9.47 Å². The van der Waals surface area contributed by atoms with E-state index in [0.717, 1.165) is 0 Å². The number of carbonyl (C=O) groups is 1. The Kier molecular flexibility index (Phi) is 7.23. The number of hydrogen-bond acceptors (Lipinski definition) is 4. The summed E-state index contributed by atoms with van der Waals surface area (Å²) in [6, 6.07) is 0. The SMILES string of the molecule is CCOC(=O)C(C)(COCCCC(F)(F)F)NC. The predicted octanol–water partition coefficient (Wildman–Crippen LogP) is 1.89. The van der Waals surface area contributed by atoms with Gasteiger partial charge < -0.3 is 14.8 Å². The van der Waals surface area contributed by atoms with E-state index in [1.54, 1.807) is 20.9 Å². The number of hydrogen-bond donors (Lipinski definition) is 1. The number of ether oxygens (including phenoxy) is 2. The van der Waals surface area contributed by atoms with Gasteiger partial charge in [0, 0.05) is 13.0 Å². The van der Waals surface area contributed by atoms with Gasteiger partial charge in [-0.3, -0.25) is 0 Å². The van der Waals surface area contributed by atoms with Crippen LogP contribution in [0.25, 0.3) is 0 Å². The first kappa shape index (κ1) is 17.2. The van der Waals surface area contributed by atoms with Gasteiger partial charge in [0.05, 0.1) is 13.2 Å². The van der Waals surface area contributed by atoms with Gasteiger partial charge >= 0.3 is 12.1 Å². The number of nitrogens with one attached hydrogen (secondary N) is 1. The average molecular weight is 271 g/mol. The maximum Gasteiger partial charge on any atom is 0.389 e. The van der Waals surface area contributed by atoms with Crippen molar-refractivity contribution < 1.29 is 27.4 Å². The second-order valence-electron chi connectivity index (χ2n) is 4.07. The van der Waals surface area contributed by atoms with Crippen molar-refractivity contribution in [2.45, 2.75) is 38.4 Å². The molecule has 0 aromatic heterocycles. The van der Waals surface area contributed by atoms with E-state index in [-0.39, 0.29) is 26.2 Å². The minimum atomic E-state index is -4.17. The fourth-order valence-corrected chi connectivity index (χ4v) is 1.17. The summed E-state index contributed by atoms with van der Waals surface area (Å²) in [5.41, 5.74) is -1.03. The van der Waals surface area contributed by atoms with E-state index < -0.39 is 24.1 Å². The van der Waals surface area contributed by atoms with Gasteiger partial charge in [-0.05, 0) is 27.3 Å². The van der Waals surface area contributed by atoms with E-state index >= 15 is 0 Å². The topological polar surface area (TPSA) is 47.6 Å². The lowest BCUT2D eigenvalue weighted by Gasteiger charge is -2.26. The van der Waals surface area contributed by atoms with Crippen LogP contribution in [0, 0.1) is 0 Å². The van der Waals surface area contributed by atoms with Gasteiger partial charge in [-0.25, -0.2) is 4.79 Å². The monoisotopic (exact) mass is 271 g/mol. The molecule has 0 aliphatic rings. The third-order valence-corrected chi connectivity index (χ3v) is 2.42. The van der Waals surface area contributed by atoms with Crippen LogP contribution in [0.15, 0.2) is 0 Å². The Morgan fingerprint density at radius 1 is 1.33 bits per heavy atom. The number of alkyl halides is 3. The second-order valence-corrected chi connectivity index (χ2v) is 4.07. The smallest absolute Gasteiger partial charge is 0.389 e. The van der Waals surface area contributed by atoms with Crippen molar-refractivity contribution in [1.82, 2.24) is 5.32 Å². The van der Waals surface area contributed by atoms with Gasteiger partial charge in [0.15, 0.2) is 0 Å². The fraction of sp³-hybridized carbons (Fsp3) is 0.909. The number of halogens is 3. The Morgan fingerprint density at radius 2 is 1.94 bits per heavy atom. The molecule has 0 aromatic carbocycles. The molecule has 4 nitrogen and oxygen atoms in total. The summed E-state index contributed by atoms with van der Waals surface area (Å²) in [6.07, 6.45) is -5.17. The highest BCUT2D eigenvalue weighted by Gasteiger charge is 2.33. The molecule has 0 heterocycles. The highest BCUT2D eigenvalue weighted by molar-refractivity contribution is 5.80. The largest absolute Gasteiger partial charge is 0.465 e. The van der Waals surface area contributed by atoms with Crippen LogP contribution in [0.2, 0.25) is 0 Å². The molecule has 0 rings (SSSR count). The minimum absolute atomic E-state index is 0.0276. The van der Waals surface area contributed by atoms with Crippen molar-refractivity contribution in [3.8, 4) is 0 Å². The Balaban J connectivity index is 3.97. The molecule has 0 bridgehead atoms. The lowest BCUT2D eigenvalue weighted by molar-refractivity contribution is -0.154. The van der Waals surface area contributed by atoms with Gasteiger partial charge in [-0.2, -0.15) is 13.2 Å². The zero-order valence-electron chi connectivity index (χ0n) is 10.9. The van der Waals surface area contributed by atoms with Crippen LogP contribution in [-0.2, 0) is 14.3 Å². The highest BCUT2D eigenvalue weighted by Crippen LogP contribution is 2.21. The Bertz CT molecular complexity index is 258. The molecule has 1 atom stereocenters. The van der Waals surface area contributed by atoms with E-state index in [1.165, 1.54) is 0 Å². The molecule has 1 N–H and O–H groups in total. The molecule has 18 heavy (non-hydrogen) atoms. The molecular weight excluding hydrogens is 251 g/mol. The first-order valence-corrected chi connectivity index (χ1v) is 5.76. The second kappa shape index (κ2) is 7.58. The van der Waals surface area contributed by atoms with Crippen molar-refractivity contribution in [3.05, 3.63) is 0 Å². The standard InChI is InChI=1S/C11H20F3NO3/c1-4-18-9(16)10(2,15-3)8-17-7-5-6-11(12,13)14/h15H,4-8H2,1-3H3. The average Bonchev–Trinajstić information content (AvgIpc) is 2.27. The number of likely N-dealkylation sites (N-methyl/N-ethyl adjacent to an activating group) is 1. The van der Waals surface area contributed by atoms with Crippen LogP contribution >= 0.6 is 0 Å². The molecule has 7 heteroatoms. The van der Waals surface area contributed by atoms with E-state index in [1.807, 2.05) is 0 Å². The molecule has 0 fully saturated rings. The van der Waals surface area contributed by atoms with Gasteiger partial charge in [0.2, 0.25) is 0 Å². The minimum Gasteiger partial charge on any atom is -0.465 e. The number of rotatable bonds is 8. The van der Waals surface area contributed by atoms with Gasteiger partial charge in [0.25, 0.3) is 0 Å². The van der Waals surface area contributed by atoms with Crippen molar-refractivity contribution in [2.75, 3.05) is 26.9 Å². The zero-order chi connectivity index (χ0) is 14.2. The molecule has 0 saturated heterocycles. The summed E-state index contributed by atoms with van der Waals surface area (Å²) >= 11 is 0. The maximum absolute atomic E-state index is 11.9. The van der Waals surface area contributed by atoms with Gasteiger partial charge in [-0.15, -0.1) is 0 Å². The maximum atomic E-state index is 11.9. The van der Waals surface area contributed by atoms with Crippen molar-refractivity contribution in [3.63, 3.8) is 0 Å². The van der Waals surface area contributed by atoms with Crippen LogP contribution in [0.5, 0.6) is 0 Å². The third-order valence-electron chi connectivity index (χ3n) is 2.42. The zero-order valence-corrected chi connectivity index (χ0v) is 10.9. The predicted molar refractivity (Wildman–Crippen MR) is 60.2 cm³/mol. The molecule has 0 spiro atoms. The van der Waals surface area contributed by atoms with Crippen LogP contribution < -0.4 is 5.32 Å². The molecule has 0 amide bonds. The van der Waals surface area contributed by atoms with Crippen LogP contribution in [0.4, 0.5) is 13.2 Å². The Labute approximate surface area is 105 Å². The van der Waals surface area contributed by atoms with E-state index in [9.17, 15) is 18.0 Å². The van der Waals surface area contributed by atoms with Gasteiger partial charge in [-0.1, -0.05) is 0 Å². The van der Waals surface area contributed by atoms with Crippen LogP contribution in [0.3, 0.4) is 0 Å². The lowest BCUT2D eigenvalue weighted by atomic mass is 10.1. The van der Waals surface area contributed by atoms with E-state index in [0.29, 0.717) is 0 Å². The Morgan fingerprint density at radius 3 is 2.39 bits per heavy atom. The molecule has 0 aliphatic carbocycles. The quantitative estimate of drug-likeness (QED) is 0.541. The molecule has 0 saturated carbocycles. The molecule has 108 valence electrons.